The maximum Gasteiger partial charge on any atom is 0.416 e. The fraction of sp³-hybridized carbons (Fsp3) is 0.316. The van der Waals surface area contributed by atoms with Crippen LogP contribution in [-0.4, -0.2) is 38.6 Å². The van der Waals surface area contributed by atoms with Gasteiger partial charge in [-0.05, 0) is 35.7 Å². The molecule has 0 atom stereocenters. The molecule has 1 aliphatic rings. The Balaban J connectivity index is 1.84. The second kappa shape index (κ2) is 7.46. The van der Waals surface area contributed by atoms with Crippen LogP contribution in [0.15, 0.2) is 48.5 Å². The molecule has 0 radical (unpaired) electrons. The summed E-state index contributed by atoms with van der Waals surface area (Å²) in [5, 5.41) is 0. The van der Waals surface area contributed by atoms with E-state index in [0.717, 1.165) is 35.6 Å². The summed E-state index contributed by atoms with van der Waals surface area (Å²) in [6.45, 7) is 0.216. The van der Waals surface area contributed by atoms with Crippen molar-refractivity contribution in [3.05, 3.63) is 65.2 Å². The number of hydrogen-bond acceptors (Lipinski definition) is 3. The van der Waals surface area contributed by atoms with E-state index in [1.807, 2.05) is 24.3 Å². The van der Waals surface area contributed by atoms with Crippen LogP contribution in [-0.2, 0) is 34.0 Å². The highest BCUT2D eigenvalue weighted by atomic mass is 32.2. The number of carbonyl (C=O) groups is 1. The molecule has 0 N–H and O–H groups in total. The lowest BCUT2D eigenvalue weighted by molar-refractivity contribution is -0.137. The molecule has 0 spiro atoms. The normalized spacial score (nSPS) is 14.5. The zero-order chi connectivity index (χ0) is 20.5. The Kier molecular flexibility index (Phi) is 5.38. The first-order valence-corrected chi connectivity index (χ1v) is 10.4. The molecular formula is C19H19F3N2O3S. The average molecular weight is 412 g/mol. The van der Waals surface area contributed by atoms with Crippen molar-refractivity contribution in [1.82, 2.24) is 4.90 Å². The number of benzene rings is 2. The minimum absolute atomic E-state index is 0.192. The zero-order valence-electron chi connectivity index (χ0n) is 15.1. The number of amides is 1. The third-order valence-corrected chi connectivity index (χ3v) is 5.76. The highest BCUT2D eigenvalue weighted by Gasteiger charge is 2.32. The van der Waals surface area contributed by atoms with E-state index in [9.17, 15) is 26.4 Å². The van der Waals surface area contributed by atoms with Crippen molar-refractivity contribution >= 4 is 21.6 Å². The third kappa shape index (κ3) is 4.46. The van der Waals surface area contributed by atoms with Gasteiger partial charge in [0.1, 0.15) is 6.54 Å². The number of nitrogens with zero attached hydrogens (tertiary/aromatic N) is 2. The van der Waals surface area contributed by atoms with E-state index in [1.165, 1.54) is 11.0 Å². The second-order valence-corrected chi connectivity index (χ2v) is 8.56. The number of carbonyl (C=O) groups excluding carboxylic acids is 1. The molecule has 9 heteroatoms. The molecule has 2 aromatic carbocycles. The Morgan fingerprint density at radius 2 is 1.79 bits per heavy atom. The van der Waals surface area contributed by atoms with Crippen molar-refractivity contribution in [3.8, 4) is 0 Å². The smallest absolute Gasteiger partial charge is 0.336 e. The molecule has 150 valence electrons. The standard InChI is InChI=1S/C19H19F3N2O3S/c1-28(26,27)24(17-8-4-7-16(11-17)19(20,21)22)13-18(25)23-10-9-14-5-2-3-6-15(14)12-23/h2-8,11H,9-10,12-13H2,1H3. The SMILES string of the molecule is CS(=O)(=O)N(CC(=O)N1CCc2ccccc2C1)c1cccc(C(F)(F)F)c1. The molecule has 1 aliphatic heterocycles. The van der Waals surface area contributed by atoms with E-state index in [-0.39, 0.29) is 5.69 Å². The quantitative estimate of drug-likeness (QED) is 0.776. The molecule has 28 heavy (non-hydrogen) atoms. The maximum atomic E-state index is 13.0. The summed E-state index contributed by atoms with van der Waals surface area (Å²) in [4.78, 5) is 14.2. The van der Waals surface area contributed by atoms with Gasteiger partial charge in [-0.1, -0.05) is 30.3 Å². The van der Waals surface area contributed by atoms with Gasteiger partial charge in [-0.3, -0.25) is 9.10 Å². The number of rotatable bonds is 4. The lowest BCUT2D eigenvalue weighted by Crippen LogP contribution is -2.44. The Morgan fingerprint density at radius 3 is 2.43 bits per heavy atom. The van der Waals surface area contributed by atoms with E-state index in [1.54, 1.807) is 0 Å². The van der Waals surface area contributed by atoms with E-state index < -0.39 is 34.2 Å². The summed E-state index contributed by atoms with van der Waals surface area (Å²) in [7, 11) is -3.96. The monoisotopic (exact) mass is 412 g/mol. The Hall–Kier alpha value is -2.55. The molecule has 0 fully saturated rings. The van der Waals surface area contributed by atoms with E-state index in [2.05, 4.69) is 0 Å². The van der Waals surface area contributed by atoms with E-state index in [4.69, 9.17) is 0 Å². The third-order valence-electron chi connectivity index (χ3n) is 4.62. The van der Waals surface area contributed by atoms with Crippen LogP contribution >= 0.6 is 0 Å². The van der Waals surface area contributed by atoms with Crippen molar-refractivity contribution in [1.29, 1.82) is 0 Å². The van der Waals surface area contributed by atoms with Gasteiger partial charge in [-0.2, -0.15) is 13.2 Å². The number of alkyl halides is 3. The maximum absolute atomic E-state index is 13.0. The van der Waals surface area contributed by atoms with Crippen molar-refractivity contribution in [2.45, 2.75) is 19.1 Å². The second-order valence-electron chi connectivity index (χ2n) is 6.65. The molecule has 5 nitrogen and oxygen atoms in total. The van der Waals surface area contributed by atoms with Crippen molar-refractivity contribution < 1.29 is 26.4 Å². The van der Waals surface area contributed by atoms with E-state index in [0.29, 0.717) is 23.8 Å². The van der Waals surface area contributed by atoms with Crippen molar-refractivity contribution in [3.63, 3.8) is 0 Å². The summed E-state index contributed by atoms with van der Waals surface area (Å²) in [5.41, 5.74) is 0.942. The van der Waals surface area contributed by atoms with E-state index >= 15 is 0 Å². The van der Waals surface area contributed by atoms with Crippen LogP contribution in [0, 0.1) is 0 Å². The van der Waals surface area contributed by atoms with Gasteiger partial charge in [0.15, 0.2) is 0 Å². The summed E-state index contributed by atoms with van der Waals surface area (Å²) < 4.78 is 64.0. The fourth-order valence-electron chi connectivity index (χ4n) is 3.17. The number of hydrogen-bond donors (Lipinski definition) is 0. The average Bonchev–Trinajstić information content (AvgIpc) is 2.64. The van der Waals surface area contributed by atoms with Crippen molar-refractivity contribution in [2.75, 3.05) is 23.7 Å². The highest BCUT2D eigenvalue weighted by molar-refractivity contribution is 7.92. The molecule has 3 rings (SSSR count). The molecule has 1 heterocycles. The van der Waals surface area contributed by atoms with Crippen LogP contribution in [0.25, 0.3) is 0 Å². The first-order chi connectivity index (χ1) is 13.1. The summed E-state index contributed by atoms with van der Waals surface area (Å²) >= 11 is 0. The van der Waals surface area contributed by atoms with Gasteiger partial charge < -0.3 is 4.90 Å². The Morgan fingerprint density at radius 1 is 1.11 bits per heavy atom. The number of halogens is 3. The minimum atomic E-state index is -4.61. The molecule has 2 aromatic rings. The van der Waals surface area contributed by atoms with Crippen LogP contribution in [0.1, 0.15) is 16.7 Å². The van der Waals surface area contributed by atoms with Crippen LogP contribution in [0.5, 0.6) is 0 Å². The first-order valence-electron chi connectivity index (χ1n) is 8.55. The first kappa shape index (κ1) is 20.2. The largest absolute Gasteiger partial charge is 0.416 e. The molecule has 0 bridgehead atoms. The highest BCUT2D eigenvalue weighted by Crippen LogP contribution is 2.32. The van der Waals surface area contributed by atoms with Crippen LogP contribution in [0.2, 0.25) is 0 Å². The lowest BCUT2D eigenvalue weighted by atomic mass is 10.00. The van der Waals surface area contributed by atoms with Gasteiger partial charge in [-0.15, -0.1) is 0 Å². The molecular weight excluding hydrogens is 393 g/mol. The molecule has 0 aromatic heterocycles. The minimum Gasteiger partial charge on any atom is -0.336 e. The molecule has 1 amide bonds. The van der Waals surface area contributed by atoms with Gasteiger partial charge in [0.2, 0.25) is 15.9 Å². The summed E-state index contributed by atoms with van der Waals surface area (Å²) in [6.07, 6.45) is -3.10. The number of anilines is 1. The lowest BCUT2D eigenvalue weighted by Gasteiger charge is -2.31. The fourth-order valence-corrected chi connectivity index (χ4v) is 4.01. The molecule has 0 saturated heterocycles. The van der Waals surface area contributed by atoms with Gasteiger partial charge >= 0.3 is 6.18 Å². The molecule has 0 aliphatic carbocycles. The predicted molar refractivity (Wildman–Crippen MR) is 99.2 cm³/mol. The predicted octanol–water partition coefficient (Wildman–Crippen LogP) is 3.06. The summed E-state index contributed by atoms with van der Waals surface area (Å²) in [6, 6.07) is 11.6. The molecule has 0 saturated carbocycles. The van der Waals surface area contributed by atoms with Crippen LogP contribution in [0.3, 0.4) is 0 Å². The molecule has 0 unspecified atom stereocenters. The Bertz CT molecular complexity index is 990. The van der Waals surface area contributed by atoms with Crippen LogP contribution < -0.4 is 4.31 Å². The topological polar surface area (TPSA) is 57.7 Å². The van der Waals surface area contributed by atoms with Gasteiger partial charge in [0.05, 0.1) is 17.5 Å². The van der Waals surface area contributed by atoms with Gasteiger partial charge in [0.25, 0.3) is 0 Å². The van der Waals surface area contributed by atoms with Crippen molar-refractivity contribution in [2.24, 2.45) is 0 Å². The number of sulfonamides is 1. The Labute approximate surface area is 161 Å². The zero-order valence-corrected chi connectivity index (χ0v) is 15.9. The van der Waals surface area contributed by atoms with Crippen LogP contribution in [0.4, 0.5) is 18.9 Å². The number of fused-ring (bicyclic) bond motifs is 1. The van der Waals surface area contributed by atoms with Gasteiger partial charge in [0, 0.05) is 13.1 Å². The summed E-state index contributed by atoms with van der Waals surface area (Å²) in [5.74, 6) is -0.461. The van der Waals surface area contributed by atoms with Gasteiger partial charge in [-0.25, -0.2) is 8.42 Å².